The first-order valence-electron chi connectivity index (χ1n) is 15.0. The SMILES string of the molecule is CC(=O)Oc1ccc2ccccc2c1C1=NN(C(C)=O)[C@@H](CCn2c(-c3ccccc3)c(-c3ccccc3)c3ccccc32)O1. The van der Waals surface area contributed by atoms with E-state index in [0.29, 0.717) is 24.3 Å². The monoisotopic (exact) mass is 593 g/mol. The van der Waals surface area contributed by atoms with E-state index in [0.717, 1.165) is 44.1 Å². The Morgan fingerprint density at radius 1 is 0.733 bits per heavy atom. The van der Waals surface area contributed by atoms with Crippen molar-refractivity contribution < 1.29 is 19.1 Å². The molecule has 1 atom stereocenters. The Kier molecular flexibility index (Phi) is 7.35. The van der Waals surface area contributed by atoms with Gasteiger partial charge in [0.25, 0.3) is 0 Å². The summed E-state index contributed by atoms with van der Waals surface area (Å²) in [7, 11) is 0. The number of benzene rings is 5. The molecular formula is C38H31N3O4. The number of esters is 1. The van der Waals surface area contributed by atoms with Crippen LogP contribution >= 0.6 is 0 Å². The third-order valence-corrected chi connectivity index (χ3v) is 8.08. The summed E-state index contributed by atoms with van der Waals surface area (Å²) in [4.78, 5) is 24.9. The van der Waals surface area contributed by atoms with Crippen molar-refractivity contribution in [2.75, 3.05) is 0 Å². The molecule has 45 heavy (non-hydrogen) atoms. The summed E-state index contributed by atoms with van der Waals surface area (Å²) in [6, 6.07) is 40.6. The Morgan fingerprint density at radius 3 is 2.09 bits per heavy atom. The summed E-state index contributed by atoms with van der Waals surface area (Å²) in [6.45, 7) is 3.39. The lowest BCUT2D eigenvalue weighted by atomic mass is 9.98. The molecule has 0 saturated heterocycles. The molecule has 7 nitrogen and oxygen atoms in total. The molecule has 1 aliphatic heterocycles. The quantitative estimate of drug-likeness (QED) is 0.139. The first-order valence-corrected chi connectivity index (χ1v) is 15.0. The minimum Gasteiger partial charge on any atom is -0.450 e. The molecule has 2 heterocycles. The lowest BCUT2D eigenvalue weighted by Gasteiger charge is -2.21. The zero-order chi connectivity index (χ0) is 30.9. The second-order valence-electron chi connectivity index (χ2n) is 11.0. The van der Waals surface area contributed by atoms with E-state index in [9.17, 15) is 9.59 Å². The Bertz CT molecular complexity index is 2080. The number of nitrogens with zero attached hydrogens (tertiary/aromatic N) is 3. The zero-order valence-corrected chi connectivity index (χ0v) is 25.0. The summed E-state index contributed by atoms with van der Waals surface area (Å²) >= 11 is 0. The molecule has 7 heteroatoms. The number of amides is 1. The first kappa shape index (κ1) is 28.1. The number of hydrazone groups is 1. The van der Waals surface area contributed by atoms with Crippen LogP contribution < -0.4 is 4.74 Å². The van der Waals surface area contributed by atoms with Gasteiger partial charge in [0.2, 0.25) is 11.8 Å². The van der Waals surface area contributed by atoms with Gasteiger partial charge in [-0.25, -0.2) is 0 Å². The van der Waals surface area contributed by atoms with E-state index in [-0.39, 0.29) is 11.8 Å². The zero-order valence-electron chi connectivity index (χ0n) is 25.0. The Hall–Kier alpha value is -5.69. The fraction of sp³-hybridized carbons (Fsp3) is 0.132. The van der Waals surface area contributed by atoms with Gasteiger partial charge in [-0.3, -0.25) is 9.59 Å². The van der Waals surface area contributed by atoms with Gasteiger partial charge in [0, 0.05) is 43.3 Å². The van der Waals surface area contributed by atoms with Gasteiger partial charge in [0.15, 0.2) is 6.23 Å². The van der Waals surface area contributed by atoms with Gasteiger partial charge in [-0.1, -0.05) is 109 Å². The fourth-order valence-corrected chi connectivity index (χ4v) is 6.21. The maximum Gasteiger partial charge on any atom is 0.308 e. The molecule has 0 radical (unpaired) electrons. The highest BCUT2D eigenvalue weighted by Crippen LogP contribution is 2.41. The second kappa shape index (κ2) is 11.8. The van der Waals surface area contributed by atoms with E-state index in [2.05, 4.69) is 82.5 Å². The molecule has 1 aliphatic rings. The van der Waals surface area contributed by atoms with Gasteiger partial charge < -0.3 is 14.0 Å². The molecule has 1 aromatic heterocycles. The Balaban J connectivity index is 1.30. The number of aryl methyl sites for hydroxylation is 1. The average molecular weight is 594 g/mol. The highest BCUT2D eigenvalue weighted by Gasteiger charge is 2.34. The minimum atomic E-state index is -0.661. The van der Waals surface area contributed by atoms with E-state index in [4.69, 9.17) is 9.47 Å². The molecule has 0 unspecified atom stereocenters. The second-order valence-corrected chi connectivity index (χ2v) is 11.0. The summed E-state index contributed by atoms with van der Waals surface area (Å²) in [5.41, 5.74) is 6.12. The standard InChI is InChI=1S/C38H31N3O4/c1-25(42)41-34(45-38(39-41)36-30-18-10-9-13-27(30)21-22-33(36)44-26(2)43)23-24-40-32-20-12-11-19-31(32)35(28-14-5-3-6-15-28)37(40)29-16-7-4-8-17-29/h3-22,34H,23-24H2,1-2H3/t34-/m1/s1. The summed E-state index contributed by atoms with van der Waals surface area (Å²) < 4.78 is 14.4. The first-order chi connectivity index (χ1) is 22.0. The van der Waals surface area contributed by atoms with E-state index >= 15 is 0 Å². The van der Waals surface area contributed by atoms with Crippen LogP contribution in [0.5, 0.6) is 5.75 Å². The molecule has 1 amide bonds. The number of aromatic nitrogens is 1. The van der Waals surface area contributed by atoms with Gasteiger partial charge in [-0.2, -0.15) is 5.01 Å². The highest BCUT2D eigenvalue weighted by atomic mass is 16.5. The normalized spacial score (nSPS) is 14.4. The van der Waals surface area contributed by atoms with Crippen LogP contribution in [0.3, 0.4) is 0 Å². The predicted molar refractivity (Wildman–Crippen MR) is 177 cm³/mol. The summed E-state index contributed by atoms with van der Waals surface area (Å²) in [5.74, 6) is -0.115. The van der Waals surface area contributed by atoms with Crippen LogP contribution in [0.15, 0.2) is 126 Å². The van der Waals surface area contributed by atoms with E-state index < -0.39 is 12.2 Å². The smallest absolute Gasteiger partial charge is 0.308 e. The number of rotatable bonds is 7. The van der Waals surface area contributed by atoms with Gasteiger partial charge in [0.05, 0.1) is 11.3 Å². The number of carbonyl (C=O) groups is 2. The maximum atomic E-state index is 12.9. The van der Waals surface area contributed by atoms with Crippen LogP contribution in [0.2, 0.25) is 0 Å². The minimum absolute atomic E-state index is 0.241. The van der Waals surface area contributed by atoms with Crippen LogP contribution in [0, 0.1) is 0 Å². The predicted octanol–water partition coefficient (Wildman–Crippen LogP) is 8.01. The van der Waals surface area contributed by atoms with Crippen molar-refractivity contribution in [3.8, 4) is 28.1 Å². The lowest BCUT2D eigenvalue weighted by Crippen LogP contribution is -2.33. The van der Waals surface area contributed by atoms with Crippen molar-refractivity contribution in [2.24, 2.45) is 5.10 Å². The molecule has 0 spiro atoms. The molecule has 0 fully saturated rings. The largest absolute Gasteiger partial charge is 0.450 e. The summed E-state index contributed by atoms with van der Waals surface area (Å²) in [5, 5.41) is 8.93. The molecule has 0 bridgehead atoms. The maximum absolute atomic E-state index is 12.9. The van der Waals surface area contributed by atoms with Crippen LogP contribution in [-0.2, 0) is 20.9 Å². The third-order valence-electron chi connectivity index (χ3n) is 8.08. The molecule has 222 valence electrons. The molecular weight excluding hydrogens is 562 g/mol. The number of carbonyl (C=O) groups excluding carboxylic acids is 2. The van der Waals surface area contributed by atoms with Crippen molar-refractivity contribution in [1.29, 1.82) is 0 Å². The van der Waals surface area contributed by atoms with Gasteiger partial charge in [-0.15, -0.1) is 5.10 Å². The van der Waals surface area contributed by atoms with E-state index in [1.807, 2.05) is 42.5 Å². The number of para-hydroxylation sites is 1. The topological polar surface area (TPSA) is 73.1 Å². The Morgan fingerprint density at radius 2 is 1.38 bits per heavy atom. The fourth-order valence-electron chi connectivity index (χ4n) is 6.21. The van der Waals surface area contributed by atoms with Crippen molar-refractivity contribution >= 4 is 39.4 Å². The number of fused-ring (bicyclic) bond motifs is 2. The van der Waals surface area contributed by atoms with Gasteiger partial charge >= 0.3 is 5.97 Å². The van der Waals surface area contributed by atoms with Crippen LogP contribution in [0.25, 0.3) is 44.1 Å². The molecule has 7 rings (SSSR count). The van der Waals surface area contributed by atoms with Crippen molar-refractivity contribution in [1.82, 2.24) is 9.58 Å². The number of hydrogen-bond acceptors (Lipinski definition) is 5. The molecule has 0 aliphatic carbocycles. The summed E-state index contributed by atoms with van der Waals surface area (Å²) in [6.07, 6.45) is -0.195. The van der Waals surface area contributed by atoms with Crippen molar-refractivity contribution in [2.45, 2.75) is 33.0 Å². The van der Waals surface area contributed by atoms with Crippen molar-refractivity contribution in [3.63, 3.8) is 0 Å². The van der Waals surface area contributed by atoms with Crippen molar-refractivity contribution in [3.05, 3.63) is 127 Å². The van der Waals surface area contributed by atoms with E-state index in [1.165, 1.54) is 18.9 Å². The van der Waals surface area contributed by atoms with Gasteiger partial charge in [-0.05, 0) is 34.0 Å². The van der Waals surface area contributed by atoms with Crippen LogP contribution in [-0.4, -0.2) is 33.6 Å². The molecule has 5 aromatic carbocycles. The number of hydrogen-bond donors (Lipinski definition) is 0. The molecule has 6 aromatic rings. The third kappa shape index (κ3) is 5.23. The molecule has 0 saturated carbocycles. The Labute approximate surface area is 260 Å². The highest BCUT2D eigenvalue weighted by molar-refractivity contribution is 6.10. The van der Waals surface area contributed by atoms with Crippen LogP contribution in [0.4, 0.5) is 0 Å². The lowest BCUT2D eigenvalue weighted by molar-refractivity contribution is -0.135. The van der Waals surface area contributed by atoms with Crippen LogP contribution in [0.1, 0.15) is 25.8 Å². The average Bonchev–Trinajstić information content (AvgIpc) is 3.63. The number of ether oxygens (including phenoxy) is 2. The van der Waals surface area contributed by atoms with Gasteiger partial charge in [0.1, 0.15) is 5.75 Å². The van der Waals surface area contributed by atoms with E-state index in [1.54, 1.807) is 6.07 Å². The molecule has 0 N–H and O–H groups in total.